The summed E-state index contributed by atoms with van der Waals surface area (Å²) in [5, 5.41) is 9.96. The van der Waals surface area contributed by atoms with Crippen LogP contribution in [0.25, 0.3) is 11.3 Å². The van der Waals surface area contributed by atoms with Gasteiger partial charge in [0, 0.05) is 12.7 Å². The third-order valence-electron chi connectivity index (χ3n) is 4.27. The van der Waals surface area contributed by atoms with Gasteiger partial charge in [0.2, 0.25) is 5.95 Å². The van der Waals surface area contributed by atoms with Gasteiger partial charge in [0.1, 0.15) is 5.82 Å². The summed E-state index contributed by atoms with van der Waals surface area (Å²) in [7, 11) is 2.19. The van der Waals surface area contributed by atoms with Gasteiger partial charge in [0.25, 0.3) is 0 Å². The quantitative estimate of drug-likeness (QED) is 0.776. The Bertz CT molecular complexity index is 601. The summed E-state index contributed by atoms with van der Waals surface area (Å²) in [6.07, 6.45) is 7.15. The van der Waals surface area contributed by atoms with E-state index in [0.29, 0.717) is 11.8 Å². The fraction of sp³-hybridized carbons (Fsp3) is 0.533. The molecule has 7 heteroatoms. The van der Waals surface area contributed by atoms with Crippen molar-refractivity contribution in [1.82, 2.24) is 25.1 Å². The average Bonchev–Trinajstić information content (AvgIpc) is 2.96. The zero-order valence-corrected chi connectivity index (χ0v) is 12.9. The number of hydrogen-bond donors (Lipinski definition) is 3. The summed E-state index contributed by atoms with van der Waals surface area (Å²) in [4.78, 5) is 11.2. The highest BCUT2D eigenvalue weighted by Gasteiger charge is 2.16. The second-order valence-electron chi connectivity index (χ2n) is 5.92. The van der Waals surface area contributed by atoms with Crippen molar-refractivity contribution in [1.29, 1.82) is 0 Å². The van der Waals surface area contributed by atoms with E-state index in [-0.39, 0.29) is 0 Å². The minimum atomic E-state index is 0.524. The van der Waals surface area contributed by atoms with E-state index in [9.17, 15) is 0 Å². The molecule has 22 heavy (non-hydrogen) atoms. The Morgan fingerprint density at radius 3 is 2.95 bits per heavy atom. The van der Waals surface area contributed by atoms with Crippen molar-refractivity contribution < 1.29 is 0 Å². The minimum absolute atomic E-state index is 0.524. The molecule has 118 valence electrons. The monoisotopic (exact) mass is 301 g/mol. The van der Waals surface area contributed by atoms with E-state index in [2.05, 4.69) is 37.4 Å². The van der Waals surface area contributed by atoms with E-state index in [4.69, 9.17) is 5.73 Å². The molecule has 3 rings (SSSR count). The van der Waals surface area contributed by atoms with Crippen LogP contribution in [-0.4, -0.2) is 51.7 Å². The van der Waals surface area contributed by atoms with Crippen LogP contribution >= 0.6 is 0 Å². The number of piperidine rings is 1. The molecule has 0 aliphatic carbocycles. The molecule has 2 aromatic heterocycles. The van der Waals surface area contributed by atoms with Gasteiger partial charge in [-0.15, -0.1) is 0 Å². The predicted octanol–water partition coefficient (Wildman–Crippen LogP) is 1.59. The lowest BCUT2D eigenvalue weighted by Crippen LogP contribution is -2.30. The number of aromatic nitrogens is 4. The third kappa shape index (κ3) is 3.54. The van der Waals surface area contributed by atoms with Crippen LogP contribution < -0.4 is 11.1 Å². The molecule has 0 atom stereocenters. The van der Waals surface area contributed by atoms with Crippen molar-refractivity contribution in [3.63, 3.8) is 0 Å². The molecule has 2 aromatic rings. The highest BCUT2D eigenvalue weighted by Crippen LogP contribution is 2.22. The fourth-order valence-electron chi connectivity index (χ4n) is 2.83. The standard InChI is InChI=1S/C15H23N7/c1-22-8-4-11(5-9-22)2-6-17-15-18-7-3-13(20-15)12-10-19-21-14(12)16/h3,7,10-11H,2,4-6,8-9H2,1H3,(H3,16,19,21)(H,17,18,20). The van der Waals surface area contributed by atoms with E-state index in [0.717, 1.165) is 30.1 Å². The molecule has 7 nitrogen and oxygen atoms in total. The number of nitrogens with one attached hydrogen (secondary N) is 2. The first-order valence-electron chi connectivity index (χ1n) is 7.77. The summed E-state index contributed by atoms with van der Waals surface area (Å²) >= 11 is 0. The molecule has 0 saturated carbocycles. The van der Waals surface area contributed by atoms with Gasteiger partial charge in [0.05, 0.1) is 17.5 Å². The molecule has 0 spiro atoms. The highest BCUT2D eigenvalue weighted by atomic mass is 15.2. The smallest absolute Gasteiger partial charge is 0.223 e. The summed E-state index contributed by atoms with van der Waals surface area (Å²) in [5.74, 6) is 1.97. The van der Waals surface area contributed by atoms with Crippen LogP contribution in [0.15, 0.2) is 18.5 Å². The lowest BCUT2D eigenvalue weighted by atomic mass is 9.94. The summed E-state index contributed by atoms with van der Waals surface area (Å²) in [5.41, 5.74) is 7.42. The van der Waals surface area contributed by atoms with Crippen LogP contribution in [0, 0.1) is 5.92 Å². The van der Waals surface area contributed by atoms with E-state index in [1.165, 1.54) is 25.9 Å². The Morgan fingerprint density at radius 1 is 1.41 bits per heavy atom. The second-order valence-corrected chi connectivity index (χ2v) is 5.92. The number of aromatic amines is 1. The summed E-state index contributed by atoms with van der Waals surface area (Å²) in [6, 6.07) is 1.84. The molecule has 4 N–H and O–H groups in total. The zero-order valence-electron chi connectivity index (χ0n) is 12.9. The lowest BCUT2D eigenvalue weighted by molar-refractivity contribution is 0.215. The fourth-order valence-corrected chi connectivity index (χ4v) is 2.83. The molecule has 3 heterocycles. The number of hydrogen-bond acceptors (Lipinski definition) is 6. The molecular weight excluding hydrogens is 278 g/mol. The maximum Gasteiger partial charge on any atom is 0.223 e. The molecule has 0 bridgehead atoms. The first-order chi connectivity index (χ1) is 10.7. The summed E-state index contributed by atoms with van der Waals surface area (Å²) in [6.45, 7) is 3.31. The van der Waals surface area contributed by atoms with Gasteiger partial charge in [-0.1, -0.05) is 0 Å². The zero-order chi connectivity index (χ0) is 15.4. The molecule has 0 amide bonds. The number of rotatable bonds is 5. The largest absolute Gasteiger partial charge is 0.384 e. The molecule has 0 unspecified atom stereocenters. The maximum atomic E-state index is 5.83. The number of nitrogens with zero attached hydrogens (tertiary/aromatic N) is 4. The second kappa shape index (κ2) is 6.74. The van der Waals surface area contributed by atoms with Crippen LogP contribution in [0.4, 0.5) is 11.8 Å². The van der Waals surface area contributed by atoms with Gasteiger partial charge in [-0.05, 0) is 51.4 Å². The van der Waals surface area contributed by atoms with Gasteiger partial charge in [-0.3, -0.25) is 5.10 Å². The first-order valence-corrected chi connectivity index (χ1v) is 7.77. The number of nitrogen functional groups attached to an aromatic ring is 1. The number of likely N-dealkylation sites (tertiary alicyclic amines) is 1. The van der Waals surface area contributed by atoms with E-state index in [1.54, 1.807) is 12.4 Å². The van der Waals surface area contributed by atoms with E-state index in [1.807, 2.05) is 6.07 Å². The predicted molar refractivity (Wildman–Crippen MR) is 87.4 cm³/mol. The van der Waals surface area contributed by atoms with E-state index < -0.39 is 0 Å². The topological polar surface area (TPSA) is 95.8 Å². The third-order valence-corrected chi connectivity index (χ3v) is 4.27. The molecular formula is C15H23N7. The lowest BCUT2D eigenvalue weighted by Gasteiger charge is -2.28. The Morgan fingerprint density at radius 2 is 2.23 bits per heavy atom. The minimum Gasteiger partial charge on any atom is -0.384 e. The van der Waals surface area contributed by atoms with E-state index >= 15 is 0 Å². The summed E-state index contributed by atoms with van der Waals surface area (Å²) < 4.78 is 0. The van der Waals surface area contributed by atoms with Crippen molar-refractivity contribution >= 4 is 11.8 Å². The van der Waals surface area contributed by atoms with Crippen molar-refractivity contribution in [2.24, 2.45) is 5.92 Å². The molecule has 1 fully saturated rings. The number of anilines is 2. The SMILES string of the molecule is CN1CCC(CCNc2nccc(-c3cn[nH]c3N)n2)CC1. The molecule has 0 radical (unpaired) electrons. The number of H-pyrrole nitrogens is 1. The Balaban J connectivity index is 1.54. The van der Waals surface area contributed by atoms with Crippen LogP contribution in [0.5, 0.6) is 0 Å². The van der Waals surface area contributed by atoms with Crippen LogP contribution in [0.2, 0.25) is 0 Å². The van der Waals surface area contributed by atoms with Crippen molar-refractivity contribution in [3.8, 4) is 11.3 Å². The normalized spacial score (nSPS) is 16.8. The van der Waals surface area contributed by atoms with Crippen molar-refractivity contribution in [3.05, 3.63) is 18.5 Å². The molecule has 1 aliphatic rings. The molecule has 1 saturated heterocycles. The van der Waals surface area contributed by atoms with Gasteiger partial charge < -0.3 is 16.0 Å². The van der Waals surface area contributed by atoms with Crippen LogP contribution in [0.1, 0.15) is 19.3 Å². The molecule has 1 aliphatic heterocycles. The average molecular weight is 301 g/mol. The highest BCUT2D eigenvalue weighted by molar-refractivity contribution is 5.70. The van der Waals surface area contributed by atoms with Crippen molar-refractivity contribution in [2.75, 3.05) is 37.7 Å². The van der Waals surface area contributed by atoms with Gasteiger partial charge in [-0.2, -0.15) is 5.10 Å². The Kier molecular flexibility index (Phi) is 4.53. The van der Waals surface area contributed by atoms with Gasteiger partial charge >= 0.3 is 0 Å². The van der Waals surface area contributed by atoms with Crippen LogP contribution in [-0.2, 0) is 0 Å². The Labute approximate surface area is 130 Å². The van der Waals surface area contributed by atoms with Crippen molar-refractivity contribution in [2.45, 2.75) is 19.3 Å². The Hall–Kier alpha value is -2.15. The van der Waals surface area contributed by atoms with Gasteiger partial charge in [0.15, 0.2) is 0 Å². The van der Waals surface area contributed by atoms with Gasteiger partial charge in [-0.25, -0.2) is 9.97 Å². The molecule has 0 aromatic carbocycles. The first kappa shape index (κ1) is 14.8. The number of nitrogens with two attached hydrogens (primary N) is 1. The van der Waals surface area contributed by atoms with Crippen LogP contribution in [0.3, 0.4) is 0 Å². The maximum absolute atomic E-state index is 5.83.